The van der Waals surface area contributed by atoms with Crippen LogP contribution in [0.3, 0.4) is 0 Å². The third kappa shape index (κ3) is 5.01. The van der Waals surface area contributed by atoms with E-state index in [4.69, 9.17) is 0 Å². The molecule has 0 aliphatic heterocycles. The summed E-state index contributed by atoms with van der Waals surface area (Å²) in [5.74, 6) is 0. The molecular weight excluding hydrogens is 819 g/mol. The summed E-state index contributed by atoms with van der Waals surface area (Å²) < 4.78 is 0. The molecular formula is C67H49N. The van der Waals surface area contributed by atoms with E-state index in [1.807, 2.05) is 0 Å². The van der Waals surface area contributed by atoms with Crippen LogP contribution < -0.4 is 4.90 Å². The lowest BCUT2D eigenvalue weighted by molar-refractivity contribution is 0.660. The van der Waals surface area contributed by atoms with E-state index in [1.54, 1.807) is 0 Å². The van der Waals surface area contributed by atoms with E-state index in [2.05, 4.69) is 257 Å². The summed E-state index contributed by atoms with van der Waals surface area (Å²) in [7, 11) is 0. The number of anilines is 3. The molecule has 14 rings (SSSR count). The molecule has 0 saturated carbocycles. The zero-order chi connectivity index (χ0) is 45.5. The molecule has 0 N–H and O–H groups in total. The Bertz CT molecular complexity index is 3720. The highest BCUT2D eigenvalue weighted by atomic mass is 15.1. The minimum absolute atomic E-state index is 0.123. The molecule has 4 aliphatic rings. The summed E-state index contributed by atoms with van der Waals surface area (Å²) in [6, 6.07) is 84.9. The zero-order valence-electron chi connectivity index (χ0n) is 38.8. The van der Waals surface area contributed by atoms with Gasteiger partial charge in [-0.05, 0) is 124 Å². The van der Waals surface area contributed by atoms with Gasteiger partial charge in [0.1, 0.15) is 0 Å². The largest absolute Gasteiger partial charge is 0.309 e. The van der Waals surface area contributed by atoms with Crippen molar-refractivity contribution in [2.45, 2.75) is 43.9 Å². The molecule has 0 radical (unpaired) electrons. The Morgan fingerprint density at radius 1 is 0.265 bits per heavy atom. The van der Waals surface area contributed by atoms with Gasteiger partial charge in [-0.3, -0.25) is 0 Å². The summed E-state index contributed by atoms with van der Waals surface area (Å²) in [6.45, 7) is 9.56. The molecule has 0 fully saturated rings. The number of hydrogen-bond acceptors (Lipinski definition) is 1. The molecule has 0 bridgehead atoms. The monoisotopic (exact) mass is 867 g/mol. The Kier molecular flexibility index (Phi) is 8.08. The lowest BCUT2D eigenvalue weighted by atomic mass is 9.70. The standard InChI is InChI=1S/C67H49N/c1-65(2)55-32-13-9-27-52(55)63-49(28-20-36-60(63)65)47-25-10-17-37-61(47)68(62-38-18-11-26-48(62)51-30-19-29-50-45-23-5-12-31-54(45)66(3,4)64(50)51)42-39-40-59-53(41-42)46-24-8-16-35-58(46)67(59)56-33-14-6-21-43(56)44-22-7-15-34-57(44)67/h5-41H,1-4H3. The smallest absolute Gasteiger partial charge is 0.0725 e. The molecule has 10 aromatic carbocycles. The maximum atomic E-state index is 2.58. The van der Waals surface area contributed by atoms with Gasteiger partial charge in [0.2, 0.25) is 0 Å². The third-order valence-electron chi connectivity index (χ3n) is 16.3. The van der Waals surface area contributed by atoms with Crippen molar-refractivity contribution in [2.75, 3.05) is 4.90 Å². The van der Waals surface area contributed by atoms with Crippen LogP contribution in [0.1, 0.15) is 72.2 Å². The van der Waals surface area contributed by atoms with E-state index >= 15 is 0 Å². The molecule has 68 heavy (non-hydrogen) atoms. The van der Waals surface area contributed by atoms with Crippen molar-refractivity contribution < 1.29 is 0 Å². The molecule has 0 unspecified atom stereocenters. The summed E-state index contributed by atoms with van der Waals surface area (Å²) in [5.41, 5.74) is 29.0. The van der Waals surface area contributed by atoms with Crippen molar-refractivity contribution in [3.8, 4) is 66.8 Å². The minimum Gasteiger partial charge on any atom is -0.309 e. The molecule has 322 valence electrons. The van der Waals surface area contributed by atoms with Gasteiger partial charge in [0.15, 0.2) is 0 Å². The second kappa shape index (κ2) is 14.0. The Hall–Kier alpha value is -8.00. The van der Waals surface area contributed by atoms with E-state index in [-0.39, 0.29) is 10.8 Å². The number of hydrogen-bond donors (Lipinski definition) is 0. The van der Waals surface area contributed by atoms with Crippen LogP contribution in [0.25, 0.3) is 66.8 Å². The summed E-state index contributed by atoms with van der Waals surface area (Å²) in [4.78, 5) is 2.58. The van der Waals surface area contributed by atoms with Crippen LogP contribution in [0, 0.1) is 0 Å². The van der Waals surface area contributed by atoms with E-state index in [0.29, 0.717) is 0 Å². The minimum atomic E-state index is -0.422. The first-order chi connectivity index (χ1) is 33.3. The van der Waals surface area contributed by atoms with Crippen LogP contribution in [-0.4, -0.2) is 0 Å². The van der Waals surface area contributed by atoms with E-state index in [1.165, 1.54) is 111 Å². The molecule has 0 heterocycles. The van der Waals surface area contributed by atoms with Gasteiger partial charge in [-0.2, -0.15) is 0 Å². The summed E-state index contributed by atoms with van der Waals surface area (Å²) >= 11 is 0. The Labute approximate surface area is 399 Å². The van der Waals surface area contributed by atoms with Crippen LogP contribution in [0.15, 0.2) is 224 Å². The van der Waals surface area contributed by atoms with Crippen molar-refractivity contribution >= 4 is 17.1 Å². The van der Waals surface area contributed by atoms with Gasteiger partial charge < -0.3 is 4.90 Å². The van der Waals surface area contributed by atoms with Crippen molar-refractivity contribution in [3.63, 3.8) is 0 Å². The van der Waals surface area contributed by atoms with Crippen molar-refractivity contribution in [1.82, 2.24) is 0 Å². The quantitative estimate of drug-likeness (QED) is 0.167. The normalized spacial score (nSPS) is 15.1. The number of benzene rings is 10. The zero-order valence-corrected chi connectivity index (χ0v) is 38.8. The van der Waals surface area contributed by atoms with Crippen molar-refractivity contribution in [2.24, 2.45) is 0 Å². The van der Waals surface area contributed by atoms with E-state index in [9.17, 15) is 0 Å². The highest BCUT2D eigenvalue weighted by molar-refractivity contribution is 6.02. The Morgan fingerprint density at radius 2 is 0.632 bits per heavy atom. The molecule has 1 nitrogen and oxygen atoms in total. The molecule has 0 saturated heterocycles. The first-order valence-electron chi connectivity index (χ1n) is 24.2. The van der Waals surface area contributed by atoms with Crippen LogP contribution in [0.2, 0.25) is 0 Å². The van der Waals surface area contributed by atoms with Crippen LogP contribution in [0.5, 0.6) is 0 Å². The number of fused-ring (bicyclic) bond motifs is 16. The Balaban J connectivity index is 1.05. The second-order valence-corrected chi connectivity index (χ2v) is 20.3. The van der Waals surface area contributed by atoms with Crippen LogP contribution in [0.4, 0.5) is 17.1 Å². The highest BCUT2D eigenvalue weighted by Crippen LogP contribution is 2.64. The first kappa shape index (κ1) is 39.2. The lowest BCUT2D eigenvalue weighted by Gasteiger charge is -2.33. The molecule has 0 amide bonds. The maximum absolute atomic E-state index is 2.58. The third-order valence-corrected chi connectivity index (χ3v) is 16.3. The molecule has 1 heteroatoms. The lowest BCUT2D eigenvalue weighted by Crippen LogP contribution is -2.25. The van der Waals surface area contributed by atoms with E-state index < -0.39 is 5.41 Å². The maximum Gasteiger partial charge on any atom is 0.0725 e. The fourth-order valence-corrected chi connectivity index (χ4v) is 13.5. The molecule has 1 spiro atoms. The van der Waals surface area contributed by atoms with Gasteiger partial charge in [-0.1, -0.05) is 228 Å². The van der Waals surface area contributed by atoms with Gasteiger partial charge in [-0.15, -0.1) is 0 Å². The SMILES string of the molecule is CC1(C)c2ccccc2-c2c(-c3ccccc3N(c3ccc4c(c3)-c3ccccc3C43c4ccccc4-c4ccccc43)c3ccccc3-c3cccc4c3C(C)(C)c3ccccc3-4)cccc21. The molecule has 4 aliphatic carbocycles. The highest BCUT2D eigenvalue weighted by Gasteiger charge is 2.51. The molecule has 10 aromatic rings. The fraction of sp³-hybridized carbons (Fsp3) is 0.104. The van der Waals surface area contributed by atoms with Gasteiger partial charge in [0.25, 0.3) is 0 Å². The van der Waals surface area contributed by atoms with Gasteiger partial charge >= 0.3 is 0 Å². The summed E-state index contributed by atoms with van der Waals surface area (Å²) in [6.07, 6.45) is 0. The van der Waals surface area contributed by atoms with Crippen molar-refractivity contribution in [1.29, 1.82) is 0 Å². The average molecular weight is 868 g/mol. The Morgan fingerprint density at radius 3 is 1.22 bits per heavy atom. The number of para-hydroxylation sites is 2. The first-order valence-corrected chi connectivity index (χ1v) is 24.2. The van der Waals surface area contributed by atoms with Crippen LogP contribution >= 0.6 is 0 Å². The molecule has 0 atom stereocenters. The fourth-order valence-electron chi connectivity index (χ4n) is 13.5. The number of nitrogens with zero attached hydrogens (tertiary/aromatic N) is 1. The van der Waals surface area contributed by atoms with Crippen LogP contribution in [-0.2, 0) is 16.2 Å². The van der Waals surface area contributed by atoms with Gasteiger partial charge in [0, 0.05) is 27.6 Å². The number of rotatable bonds is 5. The van der Waals surface area contributed by atoms with E-state index in [0.717, 1.165) is 17.1 Å². The topological polar surface area (TPSA) is 3.24 Å². The van der Waals surface area contributed by atoms with Gasteiger partial charge in [0.05, 0.1) is 16.8 Å². The second-order valence-electron chi connectivity index (χ2n) is 20.3. The average Bonchev–Trinajstić information content (AvgIpc) is 4.02. The van der Waals surface area contributed by atoms with Gasteiger partial charge in [-0.25, -0.2) is 0 Å². The summed E-state index contributed by atoms with van der Waals surface area (Å²) in [5, 5.41) is 0. The predicted molar refractivity (Wildman–Crippen MR) is 283 cm³/mol. The van der Waals surface area contributed by atoms with Crippen molar-refractivity contribution in [3.05, 3.63) is 269 Å². The molecule has 0 aromatic heterocycles. The predicted octanol–water partition coefficient (Wildman–Crippen LogP) is 17.4.